The van der Waals surface area contributed by atoms with Crippen LogP contribution in [0.25, 0.3) is 0 Å². The van der Waals surface area contributed by atoms with Crippen molar-refractivity contribution in [1.29, 1.82) is 0 Å². The molecule has 0 amide bonds. The minimum atomic E-state index is -4.30. The van der Waals surface area contributed by atoms with Gasteiger partial charge in [-0.3, -0.25) is 15.0 Å². The zero-order valence-electron chi connectivity index (χ0n) is 8.31. The maximum atomic E-state index is 13.5. The fourth-order valence-electron chi connectivity index (χ4n) is 1.01. The second-order valence-electron chi connectivity index (χ2n) is 2.79. The monoisotopic (exact) mass is 328 g/mol. The highest BCUT2D eigenvalue weighted by atomic mass is 79.9. The van der Waals surface area contributed by atoms with E-state index >= 15 is 0 Å². The molecule has 94 valence electrons. The molecule has 0 aliphatic rings. The summed E-state index contributed by atoms with van der Waals surface area (Å²) in [6.07, 6.45) is 0. The first-order chi connectivity index (χ1) is 7.79. The molecule has 0 atom stereocenters. The van der Waals surface area contributed by atoms with Gasteiger partial charge in [0.05, 0.1) is 16.5 Å². The number of nitrogens with one attached hydrogen (secondary N) is 1. The quantitative estimate of drug-likeness (QED) is 0.664. The van der Waals surface area contributed by atoms with Crippen LogP contribution in [-0.4, -0.2) is 20.5 Å². The standard InChI is InChI=1S/C7H6BrFN2O5S/c1-16-10-17(14,15)6-3-4(11(12)13)2-5(8)7(6)9/h2-3,10H,1H3. The first-order valence-electron chi connectivity index (χ1n) is 3.98. The molecule has 0 bridgehead atoms. The third kappa shape index (κ3) is 2.97. The molecule has 0 saturated carbocycles. The predicted molar refractivity (Wildman–Crippen MR) is 58.1 cm³/mol. The van der Waals surface area contributed by atoms with Gasteiger partial charge in [0.2, 0.25) is 0 Å². The highest BCUT2D eigenvalue weighted by Gasteiger charge is 2.25. The van der Waals surface area contributed by atoms with Crippen molar-refractivity contribution in [3.8, 4) is 0 Å². The van der Waals surface area contributed by atoms with Gasteiger partial charge in [0.15, 0.2) is 5.82 Å². The Morgan fingerprint density at radius 3 is 2.59 bits per heavy atom. The lowest BCUT2D eigenvalue weighted by Gasteiger charge is -2.06. The molecule has 1 N–H and O–H groups in total. The van der Waals surface area contributed by atoms with Crippen LogP contribution in [0, 0.1) is 15.9 Å². The Kier molecular flexibility index (Phi) is 4.14. The summed E-state index contributed by atoms with van der Waals surface area (Å²) in [5.74, 6) is -1.14. The average molecular weight is 329 g/mol. The van der Waals surface area contributed by atoms with Crippen molar-refractivity contribution in [3.05, 3.63) is 32.5 Å². The minimum absolute atomic E-state index is 0.330. The van der Waals surface area contributed by atoms with E-state index in [-0.39, 0.29) is 4.47 Å². The van der Waals surface area contributed by atoms with E-state index < -0.39 is 31.3 Å². The molecule has 0 heterocycles. The van der Waals surface area contributed by atoms with Crippen molar-refractivity contribution in [1.82, 2.24) is 4.89 Å². The number of non-ortho nitro benzene ring substituents is 1. The maximum Gasteiger partial charge on any atom is 0.272 e. The lowest BCUT2D eigenvalue weighted by atomic mass is 10.3. The molecular weight excluding hydrogens is 323 g/mol. The Labute approximate surface area is 104 Å². The number of halogens is 2. The predicted octanol–water partition coefficient (Wildman–Crippen LogP) is 1.34. The molecule has 1 aromatic rings. The lowest BCUT2D eigenvalue weighted by molar-refractivity contribution is -0.385. The van der Waals surface area contributed by atoms with E-state index in [9.17, 15) is 22.9 Å². The van der Waals surface area contributed by atoms with Crippen molar-refractivity contribution < 1.29 is 22.6 Å². The van der Waals surface area contributed by atoms with Crippen LogP contribution in [0.2, 0.25) is 0 Å². The van der Waals surface area contributed by atoms with Gasteiger partial charge in [0.25, 0.3) is 15.7 Å². The number of nitro groups is 1. The van der Waals surface area contributed by atoms with Crippen LogP contribution in [0.5, 0.6) is 0 Å². The van der Waals surface area contributed by atoms with E-state index in [4.69, 9.17) is 0 Å². The Bertz CT molecular complexity index is 562. The van der Waals surface area contributed by atoms with Gasteiger partial charge in [-0.1, -0.05) is 4.89 Å². The van der Waals surface area contributed by atoms with Crippen molar-refractivity contribution >= 4 is 31.6 Å². The first-order valence-corrected chi connectivity index (χ1v) is 6.25. The molecule has 0 spiro atoms. The minimum Gasteiger partial charge on any atom is -0.290 e. The van der Waals surface area contributed by atoms with E-state index in [0.717, 1.165) is 13.2 Å². The number of hydrogen-bond acceptors (Lipinski definition) is 5. The van der Waals surface area contributed by atoms with Gasteiger partial charge in [0, 0.05) is 12.1 Å². The van der Waals surface area contributed by atoms with Gasteiger partial charge in [-0.2, -0.15) is 0 Å². The molecule has 10 heteroatoms. The molecule has 1 aromatic carbocycles. The summed E-state index contributed by atoms with van der Waals surface area (Å²) in [4.78, 5) is 14.5. The van der Waals surface area contributed by atoms with Crippen LogP contribution in [-0.2, 0) is 14.9 Å². The lowest BCUT2D eigenvalue weighted by Crippen LogP contribution is -2.23. The van der Waals surface area contributed by atoms with Crippen molar-refractivity contribution in [2.24, 2.45) is 0 Å². The summed E-state index contributed by atoms with van der Waals surface area (Å²) >= 11 is 2.70. The summed E-state index contributed by atoms with van der Waals surface area (Å²) in [5.41, 5.74) is -0.560. The second-order valence-corrected chi connectivity index (χ2v) is 5.26. The highest BCUT2D eigenvalue weighted by molar-refractivity contribution is 9.10. The SMILES string of the molecule is CONS(=O)(=O)c1cc([N+](=O)[O-])cc(Br)c1F. The summed E-state index contributed by atoms with van der Waals surface area (Å²) in [7, 11) is -3.29. The number of nitro benzene ring substituents is 1. The zero-order valence-corrected chi connectivity index (χ0v) is 10.7. The molecule has 7 nitrogen and oxygen atoms in total. The molecule has 0 fully saturated rings. The molecule has 0 unspecified atom stereocenters. The van der Waals surface area contributed by atoms with Crippen LogP contribution >= 0.6 is 15.9 Å². The van der Waals surface area contributed by atoms with Crippen LogP contribution in [0.3, 0.4) is 0 Å². The number of hydrogen-bond donors (Lipinski definition) is 1. The fraction of sp³-hybridized carbons (Fsp3) is 0.143. The van der Waals surface area contributed by atoms with E-state index in [1.807, 2.05) is 0 Å². The summed E-state index contributed by atoms with van der Waals surface area (Å²) in [6.45, 7) is 0. The Balaban J connectivity index is 3.48. The van der Waals surface area contributed by atoms with E-state index in [0.29, 0.717) is 6.07 Å². The van der Waals surface area contributed by atoms with E-state index in [1.54, 1.807) is 4.89 Å². The normalized spacial score (nSPS) is 11.5. The first kappa shape index (κ1) is 14.0. The van der Waals surface area contributed by atoms with Crippen LogP contribution < -0.4 is 4.89 Å². The second kappa shape index (κ2) is 5.04. The molecule has 1 rings (SSSR count). The van der Waals surface area contributed by atoms with Gasteiger partial charge in [-0.25, -0.2) is 12.8 Å². The van der Waals surface area contributed by atoms with Crippen LogP contribution in [0.4, 0.5) is 10.1 Å². The Hall–Kier alpha value is -1.10. The third-order valence-electron chi connectivity index (χ3n) is 1.67. The van der Waals surface area contributed by atoms with Crippen LogP contribution in [0.1, 0.15) is 0 Å². The molecule has 0 aromatic heterocycles. The molecule has 0 aliphatic carbocycles. The Morgan fingerprint density at radius 1 is 1.53 bits per heavy atom. The largest absolute Gasteiger partial charge is 0.290 e. The zero-order chi connectivity index (χ0) is 13.2. The summed E-state index contributed by atoms with van der Waals surface area (Å²) in [6, 6.07) is 1.46. The number of sulfonamides is 1. The third-order valence-corrected chi connectivity index (χ3v) is 3.51. The summed E-state index contributed by atoms with van der Waals surface area (Å²) in [5, 5.41) is 10.5. The maximum absolute atomic E-state index is 13.5. The number of rotatable bonds is 4. The van der Waals surface area contributed by atoms with E-state index in [1.165, 1.54) is 0 Å². The smallest absolute Gasteiger partial charge is 0.272 e. The molecule has 0 saturated heterocycles. The van der Waals surface area contributed by atoms with Crippen LogP contribution in [0.15, 0.2) is 21.5 Å². The molecule has 17 heavy (non-hydrogen) atoms. The van der Waals surface area contributed by atoms with Gasteiger partial charge in [0.1, 0.15) is 4.90 Å². The van der Waals surface area contributed by atoms with Gasteiger partial charge >= 0.3 is 0 Å². The van der Waals surface area contributed by atoms with Crippen molar-refractivity contribution in [3.63, 3.8) is 0 Å². The summed E-state index contributed by atoms with van der Waals surface area (Å²) < 4.78 is 36.1. The number of nitrogens with zero attached hydrogens (tertiary/aromatic N) is 1. The highest BCUT2D eigenvalue weighted by Crippen LogP contribution is 2.28. The van der Waals surface area contributed by atoms with Gasteiger partial charge in [-0.15, -0.1) is 0 Å². The average Bonchev–Trinajstić information content (AvgIpc) is 2.21. The topological polar surface area (TPSA) is 98.5 Å². The van der Waals surface area contributed by atoms with E-state index in [2.05, 4.69) is 20.8 Å². The van der Waals surface area contributed by atoms with Crippen molar-refractivity contribution in [2.45, 2.75) is 4.90 Å². The molecule has 0 aliphatic heterocycles. The van der Waals surface area contributed by atoms with Crippen molar-refractivity contribution in [2.75, 3.05) is 7.11 Å². The van der Waals surface area contributed by atoms with Gasteiger partial charge < -0.3 is 0 Å². The molecular formula is C7H6BrFN2O5S. The Morgan fingerprint density at radius 2 is 2.12 bits per heavy atom. The molecule has 0 radical (unpaired) electrons. The fourth-order valence-corrected chi connectivity index (χ4v) is 2.52. The number of benzene rings is 1. The van der Waals surface area contributed by atoms with Gasteiger partial charge in [-0.05, 0) is 15.9 Å².